The number of nitrogens with one attached hydrogen (secondary N) is 1. The summed E-state index contributed by atoms with van der Waals surface area (Å²) in [6.07, 6.45) is 2.00. The molecule has 0 aliphatic rings. The van der Waals surface area contributed by atoms with Gasteiger partial charge in [-0.1, -0.05) is 121 Å². The number of aromatic amines is 1. The summed E-state index contributed by atoms with van der Waals surface area (Å²) in [6.45, 7) is 0. The minimum atomic E-state index is 0.886. The maximum atomic E-state index is 5.45. The largest absolute Gasteiger partial charge is 0.284 e. The maximum absolute atomic E-state index is 5.45. The molecule has 4 nitrogen and oxygen atoms in total. The number of H-pyrrole nitrogens is 1. The van der Waals surface area contributed by atoms with Gasteiger partial charge in [-0.15, -0.1) is 22.7 Å². The maximum Gasteiger partial charge on any atom is 0.124 e. The summed E-state index contributed by atoms with van der Waals surface area (Å²) in [4.78, 5) is 11.9. The molecule has 4 aromatic carbocycles. The van der Waals surface area contributed by atoms with Crippen LogP contribution in [0, 0.1) is 0 Å². The van der Waals surface area contributed by atoms with Crippen molar-refractivity contribution in [3.63, 3.8) is 0 Å². The fourth-order valence-corrected chi connectivity index (χ4v) is 7.30. The van der Waals surface area contributed by atoms with E-state index in [0.29, 0.717) is 0 Å². The molecule has 0 spiro atoms. The second kappa shape index (κ2) is 11.9. The Kier molecular flexibility index (Phi) is 7.19. The van der Waals surface area contributed by atoms with Gasteiger partial charge in [-0.05, 0) is 23.1 Å². The number of benzene rings is 4. The third-order valence-corrected chi connectivity index (χ3v) is 9.61. The first kappa shape index (κ1) is 27.1. The number of hydrogen-bond acceptors (Lipinski definition) is 5. The molecular weight excluding hydrogens is 589 g/mol. The van der Waals surface area contributed by atoms with Crippen LogP contribution in [0.15, 0.2) is 150 Å². The van der Waals surface area contributed by atoms with Gasteiger partial charge in [0, 0.05) is 55.4 Å². The highest BCUT2D eigenvalue weighted by Gasteiger charge is 2.25. The van der Waals surface area contributed by atoms with Crippen molar-refractivity contribution in [2.45, 2.75) is 0 Å². The normalized spacial score (nSPS) is 11.1. The summed E-state index contributed by atoms with van der Waals surface area (Å²) in [5.41, 5.74) is 12.0. The number of rotatable bonds is 7. The lowest BCUT2D eigenvalue weighted by molar-refractivity contribution is 1.10. The summed E-state index contributed by atoms with van der Waals surface area (Å²) in [6, 6.07) is 46.1. The lowest BCUT2D eigenvalue weighted by Gasteiger charge is -2.18. The van der Waals surface area contributed by atoms with E-state index in [1.54, 1.807) is 22.7 Å². The number of aromatic nitrogens is 4. The fourth-order valence-electron chi connectivity index (χ4n) is 5.72. The van der Waals surface area contributed by atoms with E-state index in [1.807, 2.05) is 36.5 Å². The lowest BCUT2D eigenvalue weighted by atomic mass is 9.89. The molecule has 0 atom stereocenters. The number of hydrogen-bond donors (Lipinski definition) is 1. The number of pyridine rings is 1. The van der Waals surface area contributed by atoms with E-state index in [1.165, 1.54) is 4.88 Å². The molecule has 0 radical (unpaired) electrons. The Morgan fingerprint density at radius 1 is 0.489 bits per heavy atom. The predicted octanol–water partition coefficient (Wildman–Crippen LogP) is 11.0. The van der Waals surface area contributed by atoms with Crippen LogP contribution >= 0.6 is 22.7 Å². The molecule has 4 aromatic heterocycles. The third kappa shape index (κ3) is 5.20. The summed E-state index contributed by atoms with van der Waals surface area (Å²) in [5.74, 6) is 0. The second-order valence-electron chi connectivity index (χ2n) is 10.6. The average molecular weight is 615 g/mol. The van der Waals surface area contributed by atoms with Crippen molar-refractivity contribution in [1.82, 2.24) is 20.2 Å². The molecule has 6 heteroatoms. The Balaban J connectivity index is 1.46. The molecule has 0 saturated heterocycles. The van der Waals surface area contributed by atoms with Crippen LogP contribution in [0.1, 0.15) is 0 Å². The smallest absolute Gasteiger partial charge is 0.124 e. The van der Waals surface area contributed by atoms with Crippen LogP contribution in [0.2, 0.25) is 0 Å². The monoisotopic (exact) mass is 614 g/mol. The standard InChI is InChI=1S/C39H26N4S2/c1-4-13-26(14-5-1)33-23-31(32-24-40-43-37(32)27-15-6-2-7-16-27)36(34-25-45-39(42-34)28-17-8-3-9-18-28)38(41-33)30-20-11-10-19-29(30)35-21-12-22-44-35/h1-25H,(H,40,43). The third-order valence-electron chi connectivity index (χ3n) is 7.82. The molecule has 0 bridgehead atoms. The van der Waals surface area contributed by atoms with Gasteiger partial charge < -0.3 is 0 Å². The minimum Gasteiger partial charge on any atom is -0.284 e. The molecule has 8 aromatic rings. The van der Waals surface area contributed by atoms with Crippen LogP contribution in [0.5, 0.6) is 0 Å². The summed E-state index contributed by atoms with van der Waals surface area (Å²) < 4.78 is 0. The Morgan fingerprint density at radius 2 is 1.16 bits per heavy atom. The Morgan fingerprint density at radius 3 is 1.87 bits per heavy atom. The molecule has 0 saturated carbocycles. The van der Waals surface area contributed by atoms with E-state index in [-0.39, 0.29) is 0 Å². The van der Waals surface area contributed by atoms with E-state index in [9.17, 15) is 0 Å². The first-order valence-electron chi connectivity index (χ1n) is 14.7. The van der Waals surface area contributed by atoms with Crippen LogP contribution in [-0.4, -0.2) is 20.2 Å². The van der Waals surface area contributed by atoms with Gasteiger partial charge >= 0.3 is 0 Å². The Labute approximate surface area is 269 Å². The van der Waals surface area contributed by atoms with Gasteiger partial charge in [0.2, 0.25) is 0 Å². The van der Waals surface area contributed by atoms with Crippen molar-refractivity contribution in [3.05, 3.63) is 150 Å². The van der Waals surface area contributed by atoms with E-state index >= 15 is 0 Å². The molecule has 214 valence electrons. The highest BCUT2D eigenvalue weighted by molar-refractivity contribution is 7.13. The molecule has 8 rings (SSSR count). The molecule has 0 aliphatic carbocycles. The van der Waals surface area contributed by atoms with Crippen LogP contribution in [0.3, 0.4) is 0 Å². The first-order valence-corrected chi connectivity index (χ1v) is 16.4. The SMILES string of the molecule is c1ccc(-c2cc(-c3c[nH]nc3-c3ccccc3)c(-c3csc(-c4ccccc4)n3)c(-c3ccccc3-c3cccs3)n2)cc1. The van der Waals surface area contributed by atoms with Gasteiger partial charge in [0.1, 0.15) is 5.01 Å². The van der Waals surface area contributed by atoms with Crippen LogP contribution < -0.4 is 0 Å². The topological polar surface area (TPSA) is 54.5 Å². The van der Waals surface area contributed by atoms with Crippen LogP contribution in [-0.2, 0) is 0 Å². The molecule has 45 heavy (non-hydrogen) atoms. The Bertz CT molecular complexity index is 2200. The van der Waals surface area contributed by atoms with E-state index in [0.717, 1.165) is 72.3 Å². The van der Waals surface area contributed by atoms with Gasteiger partial charge in [-0.25, -0.2) is 9.97 Å². The van der Waals surface area contributed by atoms with E-state index < -0.39 is 0 Å². The van der Waals surface area contributed by atoms with Gasteiger partial charge in [-0.3, -0.25) is 5.10 Å². The second-order valence-corrected chi connectivity index (χ2v) is 12.4. The van der Waals surface area contributed by atoms with Gasteiger partial charge in [0.25, 0.3) is 0 Å². The molecule has 0 amide bonds. The molecule has 1 N–H and O–H groups in total. The number of thiazole rings is 1. The van der Waals surface area contributed by atoms with Gasteiger partial charge in [-0.2, -0.15) is 5.10 Å². The van der Waals surface area contributed by atoms with Gasteiger partial charge in [0.05, 0.1) is 22.8 Å². The van der Waals surface area contributed by atoms with Crippen molar-refractivity contribution >= 4 is 22.7 Å². The summed E-state index contributed by atoms with van der Waals surface area (Å²) in [7, 11) is 0. The average Bonchev–Trinajstić information content (AvgIpc) is 3.92. The fraction of sp³-hybridized carbons (Fsp3) is 0. The quantitative estimate of drug-likeness (QED) is 0.194. The van der Waals surface area contributed by atoms with Crippen LogP contribution in [0.25, 0.3) is 77.2 Å². The predicted molar refractivity (Wildman–Crippen MR) is 188 cm³/mol. The zero-order valence-electron chi connectivity index (χ0n) is 24.1. The minimum absolute atomic E-state index is 0.886. The zero-order chi connectivity index (χ0) is 30.0. The van der Waals surface area contributed by atoms with Crippen LogP contribution in [0.4, 0.5) is 0 Å². The number of nitrogens with zero attached hydrogens (tertiary/aromatic N) is 3. The van der Waals surface area contributed by atoms with Crippen molar-refractivity contribution < 1.29 is 0 Å². The molecule has 0 unspecified atom stereocenters. The zero-order valence-corrected chi connectivity index (χ0v) is 25.7. The highest BCUT2D eigenvalue weighted by Crippen LogP contribution is 2.46. The highest BCUT2D eigenvalue weighted by atomic mass is 32.1. The summed E-state index contributed by atoms with van der Waals surface area (Å²) >= 11 is 3.38. The lowest BCUT2D eigenvalue weighted by Crippen LogP contribution is -1.99. The van der Waals surface area contributed by atoms with Crippen molar-refractivity contribution in [2.24, 2.45) is 0 Å². The summed E-state index contributed by atoms with van der Waals surface area (Å²) in [5, 5.41) is 13.2. The van der Waals surface area contributed by atoms with Crippen molar-refractivity contribution in [3.8, 4) is 77.2 Å². The van der Waals surface area contributed by atoms with Gasteiger partial charge in [0.15, 0.2) is 0 Å². The van der Waals surface area contributed by atoms with E-state index in [4.69, 9.17) is 15.1 Å². The molecular formula is C39H26N4S2. The number of thiophene rings is 1. The first-order chi connectivity index (χ1) is 22.3. The van der Waals surface area contributed by atoms with Crippen molar-refractivity contribution in [2.75, 3.05) is 0 Å². The molecule has 4 heterocycles. The Hall–Kier alpha value is -5.43. The molecule has 0 fully saturated rings. The molecule has 0 aliphatic heterocycles. The van der Waals surface area contributed by atoms with E-state index in [2.05, 4.69) is 119 Å². The van der Waals surface area contributed by atoms with Crippen molar-refractivity contribution in [1.29, 1.82) is 0 Å².